The van der Waals surface area contributed by atoms with Crippen LogP contribution in [0.3, 0.4) is 0 Å². The normalized spacial score (nSPS) is 10.6. The molecule has 0 amide bonds. The molecule has 0 saturated heterocycles. The van der Waals surface area contributed by atoms with Crippen molar-refractivity contribution in [2.75, 3.05) is 0 Å². The van der Waals surface area contributed by atoms with Gasteiger partial charge in [0.2, 0.25) is 0 Å². The van der Waals surface area contributed by atoms with E-state index in [1.165, 1.54) is 26.3 Å². The van der Waals surface area contributed by atoms with E-state index in [-0.39, 0.29) is 11.7 Å². The molecule has 10 nitrogen and oxygen atoms in total. The Morgan fingerprint density at radius 3 is 0.954 bits per heavy atom. The Labute approximate surface area is 381 Å². The maximum Gasteiger partial charge on any atom is 0.519 e. The molecule has 0 spiro atoms. The Balaban J connectivity index is 0.000000315. The van der Waals surface area contributed by atoms with E-state index in [9.17, 15) is 24.3 Å². The second-order valence-corrected chi connectivity index (χ2v) is 16.6. The van der Waals surface area contributed by atoms with E-state index in [4.69, 9.17) is 23.7 Å². The standard InChI is InChI=1S/C37H38O7.C18H20O3/c1-21(2)17-19-27-23(5)33(29-13-9-11-15-31(29)35(27)41-25(7)38)43-37(40)44-34-24(6)28(20-18-22(3)4)36(42-26(8)39)32-16-12-10-14-30(32)34;1-11(2)9-10-14-12(3)17(20)15-7-5-6-8-16(15)18(14)21-13(4)19/h9-18H,19-20H2,1-8H3;5-9,20H,10H2,1-4H3. The molecule has 338 valence electrons. The smallest absolute Gasteiger partial charge is 0.507 e. The van der Waals surface area contributed by atoms with Crippen molar-refractivity contribution < 1.29 is 48.0 Å². The van der Waals surface area contributed by atoms with Gasteiger partial charge < -0.3 is 28.8 Å². The van der Waals surface area contributed by atoms with Crippen LogP contribution in [0.1, 0.15) is 95.7 Å². The van der Waals surface area contributed by atoms with Crippen molar-refractivity contribution in [2.24, 2.45) is 0 Å². The second kappa shape index (κ2) is 21.5. The van der Waals surface area contributed by atoms with Crippen molar-refractivity contribution in [1.29, 1.82) is 0 Å². The minimum atomic E-state index is -0.923. The number of phenols is 1. The van der Waals surface area contributed by atoms with Gasteiger partial charge in [0, 0.05) is 69.8 Å². The molecule has 0 aromatic heterocycles. The Hall–Kier alpha value is -7.20. The SMILES string of the molecule is CC(=O)Oc1c(CC=C(C)C)c(C)c(O)c2ccccc12.CC(=O)Oc1c(CC=C(C)C)c(C)c(OC(=O)Oc2c(C)c(CC=C(C)C)c(OC(C)=O)c3ccccc23)c2ccccc12. The van der Waals surface area contributed by atoms with E-state index in [0.717, 1.165) is 38.8 Å². The lowest BCUT2D eigenvalue weighted by atomic mass is 9.95. The number of esters is 3. The van der Waals surface area contributed by atoms with Gasteiger partial charge in [-0.3, -0.25) is 14.4 Å². The van der Waals surface area contributed by atoms with Gasteiger partial charge in [-0.1, -0.05) is 108 Å². The van der Waals surface area contributed by atoms with Crippen molar-refractivity contribution in [3.05, 3.63) is 141 Å². The molecule has 10 heteroatoms. The van der Waals surface area contributed by atoms with Crippen LogP contribution >= 0.6 is 0 Å². The zero-order chi connectivity index (χ0) is 47.7. The summed E-state index contributed by atoms with van der Waals surface area (Å²) >= 11 is 0. The van der Waals surface area contributed by atoms with Crippen LogP contribution in [0.15, 0.2) is 108 Å². The van der Waals surface area contributed by atoms with Gasteiger partial charge in [0.1, 0.15) is 34.5 Å². The quantitative estimate of drug-likeness (QED) is 0.0580. The lowest BCUT2D eigenvalue weighted by molar-refractivity contribution is -0.132. The number of fused-ring (bicyclic) bond motifs is 3. The van der Waals surface area contributed by atoms with Crippen LogP contribution in [-0.4, -0.2) is 29.2 Å². The van der Waals surface area contributed by atoms with Crippen LogP contribution < -0.4 is 23.7 Å². The Morgan fingerprint density at radius 1 is 0.400 bits per heavy atom. The molecule has 6 rings (SSSR count). The predicted molar refractivity (Wildman–Crippen MR) is 258 cm³/mol. The molecular weight excluding hydrogens is 821 g/mol. The molecule has 0 saturated carbocycles. The number of carbonyl (C=O) groups is 4. The van der Waals surface area contributed by atoms with Crippen molar-refractivity contribution in [3.8, 4) is 34.5 Å². The third kappa shape index (κ3) is 11.7. The minimum absolute atomic E-state index is 0.249. The van der Waals surface area contributed by atoms with Crippen LogP contribution in [0.2, 0.25) is 0 Å². The van der Waals surface area contributed by atoms with Gasteiger partial charge in [-0.25, -0.2) is 4.79 Å². The van der Waals surface area contributed by atoms with Crippen LogP contribution in [-0.2, 0) is 33.6 Å². The molecule has 0 aliphatic carbocycles. The molecule has 6 aromatic rings. The third-order valence-electron chi connectivity index (χ3n) is 10.7. The summed E-state index contributed by atoms with van der Waals surface area (Å²) in [5, 5.41) is 14.4. The Bertz CT molecular complexity index is 2780. The highest BCUT2D eigenvalue weighted by atomic mass is 16.7. The van der Waals surface area contributed by atoms with E-state index in [0.29, 0.717) is 86.1 Å². The number of ether oxygens (including phenoxy) is 5. The number of hydrogen-bond donors (Lipinski definition) is 1. The fraction of sp³-hybridized carbons (Fsp3) is 0.273. The van der Waals surface area contributed by atoms with Gasteiger partial charge >= 0.3 is 24.1 Å². The average molecular weight is 879 g/mol. The van der Waals surface area contributed by atoms with Crippen molar-refractivity contribution >= 4 is 56.4 Å². The number of rotatable bonds is 11. The first-order valence-corrected chi connectivity index (χ1v) is 21.5. The molecular formula is C55H58O10. The summed E-state index contributed by atoms with van der Waals surface area (Å²) in [5.41, 5.74) is 7.75. The van der Waals surface area contributed by atoms with Crippen molar-refractivity contribution in [3.63, 3.8) is 0 Å². The van der Waals surface area contributed by atoms with Crippen molar-refractivity contribution in [2.45, 2.75) is 102 Å². The molecule has 0 unspecified atom stereocenters. The molecule has 0 aliphatic heterocycles. The van der Waals surface area contributed by atoms with Gasteiger partial charge in [-0.05, 0) is 98.3 Å². The maximum atomic E-state index is 13.6. The van der Waals surface area contributed by atoms with E-state index < -0.39 is 18.1 Å². The maximum absolute atomic E-state index is 13.6. The first-order valence-electron chi connectivity index (χ1n) is 21.5. The molecule has 0 radical (unpaired) electrons. The first-order chi connectivity index (χ1) is 30.8. The Kier molecular flexibility index (Phi) is 16.1. The van der Waals surface area contributed by atoms with Gasteiger partial charge in [-0.15, -0.1) is 0 Å². The second-order valence-electron chi connectivity index (χ2n) is 16.6. The molecule has 1 N–H and O–H groups in total. The summed E-state index contributed by atoms with van der Waals surface area (Å²) in [7, 11) is 0. The summed E-state index contributed by atoms with van der Waals surface area (Å²) in [4.78, 5) is 49.2. The minimum Gasteiger partial charge on any atom is -0.507 e. The topological polar surface area (TPSA) is 135 Å². The van der Waals surface area contributed by atoms with Crippen molar-refractivity contribution in [1.82, 2.24) is 0 Å². The fourth-order valence-electron chi connectivity index (χ4n) is 7.55. The van der Waals surface area contributed by atoms with Crippen LogP contribution in [0.4, 0.5) is 4.79 Å². The van der Waals surface area contributed by atoms with Crippen LogP contribution in [0, 0.1) is 20.8 Å². The van der Waals surface area contributed by atoms with Gasteiger partial charge in [0.05, 0.1) is 0 Å². The number of aromatic hydroxyl groups is 1. The van der Waals surface area contributed by atoms with Gasteiger partial charge in [0.25, 0.3) is 0 Å². The Morgan fingerprint density at radius 2 is 0.662 bits per heavy atom. The van der Waals surface area contributed by atoms with E-state index >= 15 is 0 Å². The summed E-state index contributed by atoms with van der Waals surface area (Å²) in [6.07, 6.45) is 6.76. The highest BCUT2D eigenvalue weighted by Crippen LogP contribution is 2.44. The largest absolute Gasteiger partial charge is 0.519 e. The zero-order valence-electron chi connectivity index (χ0n) is 39.4. The summed E-state index contributed by atoms with van der Waals surface area (Å²) in [6.45, 7) is 21.6. The summed E-state index contributed by atoms with van der Waals surface area (Å²) in [5.74, 6) is 1.08. The number of allylic oxidation sites excluding steroid dienone is 6. The summed E-state index contributed by atoms with van der Waals surface area (Å²) < 4.78 is 28.8. The monoisotopic (exact) mass is 878 g/mol. The highest BCUT2D eigenvalue weighted by molar-refractivity contribution is 6.01. The fourth-order valence-corrected chi connectivity index (χ4v) is 7.55. The summed E-state index contributed by atoms with van der Waals surface area (Å²) in [6, 6.07) is 22.0. The number of carbonyl (C=O) groups excluding carboxylic acids is 4. The number of hydrogen-bond acceptors (Lipinski definition) is 10. The highest BCUT2D eigenvalue weighted by Gasteiger charge is 2.26. The van der Waals surface area contributed by atoms with Gasteiger partial charge in [0.15, 0.2) is 0 Å². The molecule has 0 heterocycles. The average Bonchev–Trinajstić information content (AvgIpc) is 3.24. The lowest BCUT2D eigenvalue weighted by Gasteiger charge is -2.20. The molecule has 65 heavy (non-hydrogen) atoms. The molecule has 0 bridgehead atoms. The van der Waals surface area contributed by atoms with Crippen LogP contribution in [0.25, 0.3) is 32.3 Å². The first kappa shape index (κ1) is 48.8. The van der Waals surface area contributed by atoms with E-state index in [1.807, 2.05) is 147 Å². The van der Waals surface area contributed by atoms with Gasteiger partial charge in [-0.2, -0.15) is 0 Å². The van der Waals surface area contributed by atoms with E-state index in [2.05, 4.69) is 6.08 Å². The number of benzene rings is 6. The molecule has 6 aromatic carbocycles. The lowest BCUT2D eigenvalue weighted by Crippen LogP contribution is -2.17. The molecule has 0 atom stereocenters. The predicted octanol–water partition coefficient (Wildman–Crippen LogP) is 13.3. The molecule has 0 aliphatic rings. The van der Waals surface area contributed by atoms with E-state index in [1.54, 1.807) is 0 Å². The number of phenolic OH excluding ortho intramolecular Hbond substituents is 1. The molecule has 0 fully saturated rings. The third-order valence-corrected chi connectivity index (χ3v) is 10.7. The van der Waals surface area contributed by atoms with Crippen LogP contribution in [0.5, 0.6) is 34.5 Å². The zero-order valence-corrected chi connectivity index (χ0v) is 39.4.